The predicted molar refractivity (Wildman–Crippen MR) is 135 cm³/mol. The molecule has 0 atom stereocenters. The lowest BCUT2D eigenvalue weighted by Gasteiger charge is -2.26. The van der Waals surface area contributed by atoms with Crippen LogP contribution in [0, 0.1) is 0 Å². The van der Waals surface area contributed by atoms with Crippen molar-refractivity contribution in [3.05, 3.63) is 60.3 Å². The number of amides is 1. The maximum absolute atomic E-state index is 13.1. The number of benzene rings is 2. The van der Waals surface area contributed by atoms with Gasteiger partial charge in [0.2, 0.25) is 5.91 Å². The summed E-state index contributed by atoms with van der Waals surface area (Å²) in [6.07, 6.45) is 6.54. The van der Waals surface area contributed by atoms with E-state index in [1.54, 1.807) is 14.2 Å². The van der Waals surface area contributed by atoms with E-state index in [1.807, 2.05) is 64.9 Å². The minimum Gasteiger partial charge on any atom is -0.497 e. The second kappa shape index (κ2) is 11.2. The van der Waals surface area contributed by atoms with Crippen molar-refractivity contribution >= 4 is 17.7 Å². The summed E-state index contributed by atoms with van der Waals surface area (Å²) in [4.78, 5) is 15.0. The zero-order chi connectivity index (χ0) is 23.9. The molecule has 34 heavy (non-hydrogen) atoms. The van der Waals surface area contributed by atoms with Crippen molar-refractivity contribution in [3.63, 3.8) is 0 Å². The van der Waals surface area contributed by atoms with Crippen molar-refractivity contribution in [2.45, 2.75) is 37.8 Å². The smallest absolute Gasteiger partial charge is 0.237 e. The SMILES string of the molecule is CCN(C(=O)CSc1nnc(-c2ccccc2OC)n1-c1ccc(OC)cc1)C1=CCCCC1. The third-order valence-corrected chi connectivity index (χ3v) is 6.78. The molecule has 0 saturated carbocycles. The standard InChI is InChI=1S/C26H30N4O3S/c1-4-29(19-10-6-5-7-11-19)24(31)18-34-26-28-27-25(22-12-8-9-13-23(22)33-3)30(26)20-14-16-21(32-2)17-15-20/h8-10,12-17H,4-7,11,18H2,1-3H3. The summed E-state index contributed by atoms with van der Waals surface area (Å²) in [5, 5.41) is 9.60. The van der Waals surface area contributed by atoms with Crippen LogP contribution in [0.3, 0.4) is 0 Å². The number of ether oxygens (including phenoxy) is 2. The molecule has 1 aliphatic carbocycles. The predicted octanol–water partition coefficient (Wildman–Crippen LogP) is 5.35. The summed E-state index contributed by atoms with van der Waals surface area (Å²) in [5.41, 5.74) is 2.85. The van der Waals surface area contributed by atoms with Gasteiger partial charge in [-0.2, -0.15) is 0 Å². The molecule has 0 fully saturated rings. The molecule has 4 rings (SSSR count). The lowest BCUT2D eigenvalue weighted by molar-refractivity contribution is -0.126. The molecular weight excluding hydrogens is 448 g/mol. The first-order valence-electron chi connectivity index (χ1n) is 11.5. The normalized spacial score (nSPS) is 13.3. The first kappa shape index (κ1) is 23.9. The summed E-state index contributed by atoms with van der Waals surface area (Å²) >= 11 is 1.40. The number of hydrogen-bond donors (Lipinski definition) is 0. The third kappa shape index (κ3) is 5.12. The van der Waals surface area contributed by atoms with Gasteiger partial charge >= 0.3 is 0 Å². The number of allylic oxidation sites excluding steroid dienone is 2. The Balaban J connectivity index is 1.66. The Labute approximate surface area is 204 Å². The fourth-order valence-electron chi connectivity index (χ4n) is 4.14. The van der Waals surface area contributed by atoms with Crippen molar-refractivity contribution in [2.24, 2.45) is 0 Å². The minimum absolute atomic E-state index is 0.0868. The maximum Gasteiger partial charge on any atom is 0.237 e. The van der Waals surface area contributed by atoms with Crippen molar-refractivity contribution in [1.29, 1.82) is 0 Å². The molecule has 1 heterocycles. The molecule has 1 aromatic heterocycles. The Morgan fingerprint density at radius 2 is 1.85 bits per heavy atom. The highest BCUT2D eigenvalue weighted by Gasteiger charge is 2.22. The van der Waals surface area contributed by atoms with Crippen molar-refractivity contribution < 1.29 is 14.3 Å². The second-order valence-corrected chi connectivity index (χ2v) is 8.85. The Kier molecular flexibility index (Phi) is 7.90. The summed E-state index contributed by atoms with van der Waals surface area (Å²) in [7, 11) is 3.28. The molecule has 0 unspecified atom stereocenters. The van der Waals surface area contributed by atoms with Gasteiger partial charge in [0, 0.05) is 12.2 Å². The highest BCUT2D eigenvalue weighted by atomic mass is 32.2. The van der Waals surface area contributed by atoms with Gasteiger partial charge in [-0.05, 0) is 69.0 Å². The lowest BCUT2D eigenvalue weighted by atomic mass is 10.0. The van der Waals surface area contributed by atoms with Gasteiger partial charge in [-0.3, -0.25) is 9.36 Å². The number of carbonyl (C=O) groups is 1. The van der Waals surface area contributed by atoms with E-state index in [9.17, 15) is 4.79 Å². The number of thioether (sulfide) groups is 1. The van der Waals surface area contributed by atoms with Crippen LogP contribution in [0.4, 0.5) is 0 Å². The summed E-state index contributed by atoms with van der Waals surface area (Å²) < 4.78 is 12.9. The van der Waals surface area contributed by atoms with Crippen LogP contribution in [0.2, 0.25) is 0 Å². The van der Waals surface area contributed by atoms with Crippen molar-refractivity contribution in [1.82, 2.24) is 19.7 Å². The molecule has 2 aromatic carbocycles. The largest absolute Gasteiger partial charge is 0.497 e. The first-order chi connectivity index (χ1) is 16.7. The Hall–Kier alpha value is -3.26. The molecule has 0 radical (unpaired) electrons. The van der Waals surface area contributed by atoms with E-state index in [0.29, 0.717) is 23.3 Å². The average Bonchev–Trinajstić information content (AvgIpc) is 3.32. The van der Waals surface area contributed by atoms with Crippen LogP contribution in [0.1, 0.15) is 32.6 Å². The Bertz CT molecular complexity index is 1160. The van der Waals surface area contributed by atoms with Gasteiger partial charge in [0.05, 0.1) is 31.2 Å². The topological polar surface area (TPSA) is 69.5 Å². The molecule has 1 aliphatic rings. The van der Waals surface area contributed by atoms with E-state index in [4.69, 9.17) is 9.47 Å². The molecule has 0 saturated heterocycles. The van der Waals surface area contributed by atoms with Crippen LogP contribution in [-0.2, 0) is 4.79 Å². The molecule has 0 N–H and O–H groups in total. The molecular formula is C26H30N4O3S. The van der Waals surface area contributed by atoms with Gasteiger partial charge in [0.25, 0.3) is 0 Å². The number of nitrogens with zero attached hydrogens (tertiary/aromatic N) is 4. The van der Waals surface area contributed by atoms with Gasteiger partial charge in [0.1, 0.15) is 11.5 Å². The maximum atomic E-state index is 13.1. The quantitative estimate of drug-likeness (QED) is 0.386. The summed E-state index contributed by atoms with van der Waals surface area (Å²) in [6, 6.07) is 15.4. The molecule has 178 valence electrons. The second-order valence-electron chi connectivity index (χ2n) is 7.91. The van der Waals surface area contributed by atoms with Crippen molar-refractivity contribution in [3.8, 4) is 28.6 Å². The zero-order valence-electron chi connectivity index (χ0n) is 19.9. The van der Waals surface area contributed by atoms with E-state index in [1.165, 1.54) is 18.2 Å². The molecule has 8 heteroatoms. The van der Waals surface area contributed by atoms with Crippen LogP contribution in [0.5, 0.6) is 11.5 Å². The third-order valence-electron chi connectivity index (χ3n) is 5.87. The fraction of sp³-hybridized carbons (Fsp3) is 0.346. The van der Waals surface area contributed by atoms with Gasteiger partial charge in [0.15, 0.2) is 11.0 Å². The molecule has 7 nitrogen and oxygen atoms in total. The van der Waals surface area contributed by atoms with E-state index in [0.717, 1.165) is 42.0 Å². The van der Waals surface area contributed by atoms with E-state index < -0.39 is 0 Å². The van der Waals surface area contributed by atoms with Crippen LogP contribution in [0.25, 0.3) is 17.1 Å². The molecule has 3 aromatic rings. The fourth-order valence-corrected chi connectivity index (χ4v) is 4.97. The van der Waals surface area contributed by atoms with Gasteiger partial charge in [-0.15, -0.1) is 10.2 Å². The van der Waals surface area contributed by atoms with Gasteiger partial charge in [-0.1, -0.05) is 30.0 Å². The van der Waals surface area contributed by atoms with E-state index >= 15 is 0 Å². The highest BCUT2D eigenvalue weighted by molar-refractivity contribution is 7.99. The number of carbonyl (C=O) groups excluding carboxylic acids is 1. The van der Waals surface area contributed by atoms with Crippen LogP contribution in [0.15, 0.2) is 65.5 Å². The van der Waals surface area contributed by atoms with Gasteiger partial charge < -0.3 is 14.4 Å². The van der Waals surface area contributed by atoms with E-state index in [2.05, 4.69) is 16.3 Å². The Morgan fingerprint density at radius 1 is 1.06 bits per heavy atom. The van der Waals surface area contributed by atoms with Crippen molar-refractivity contribution in [2.75, 3.05) is 26.5 Å². The Morgan fingerprint density at radius 3 is 2.53 bits per heavy atom. The van der Waals surface area contributed by atoms with Gasteiger partial charge in [-0.25, -0.2) is 0 Å². The highest BCUT2D eigenvalue weighted by Crippen LogP contribution is 2.34. The molecule has 0 bridgehead atoms. The summed E-state index contributed by atoms with van der Waals surface area (Å²) in [5.74, 6) is 2.49. The van der Waals surface area contributed by atoms with Crippen LogP contribution < -0.4 is 9.47 Å². The lowest BCUT2D eigenvalue weighted by Crippen LogP contribution is -2.32. The van der Waals surface area contributed by atoms with Crippen LogP contribution in [-0.4, -0.2) is 52.1 Å². The number of para-hydroxylation sites is 1. The van der Waals surface area contributed by atoms with Crippen LogP contribution >= 0.6 is 11.8 Å². The van der Waals surface area contributed by atoms with E-state index in [-0.39, 0.29) is 11.7 Å². The molecule has 0 aliphatic heterocycles. The number of methoxy groups -OCH3 is 2. The first-order valence-corrected chi connectivity index (χ1v) is 12.5. The number of rotatable bonds is 9. The number of hydrogen-bond acceptors (Lipinski definition) is 6. The zero-order valence-corrected chi connectivity index (χ0v) is 20.7. The molecule has 0 spiro atoms. The average molecular weight is 479 g/mol. The summed E-state index contributed by atoms with van der Waals surface area (Å²) in [6.45, 7) is 2.69. The minimum atomic E-state index is 0.0868. The molecule has 1 amide bonds. The number of aromatic nitrogens is 3. The monoisotopic (exact) mass is 478 g/mol.